The van der Waals surface area contributed by atoms with Crippen molar-refractivity contribution in [2.45, 2.75) is 31.6 Å². The quantitative estimate of drug-likeness (QED) is 0.665. The second-order valence-electron chi connectivity index (χ2n) is 6.01. The molecule has 0 atom stereocenters. The van der Waals surface area contributed by atoms with E-state index < -0.39 is 10.0 Å². The van der Waals surface area contributed by atoms with Gasteiger partial charge in [0, 0.05) is 19.2 Å². The van der Waals surface area contributed by atoms with E-state index >= 15 is 0 Å². The van der Waals surface area contributed by atoms with Gasteiger partial charge in [0.25, 0.3) is 10.0 Å². The summed E-state index contributed by atoms with van der Waals surface area (Å²) in [5.74, 6) is 1.50. The Balaban J connectivity index is 2.25. The molecule has 0 amide bonds. The van der Waals surface area contributed by atoms with E-state index in [1.165, 1.54) is 26.5 Å². The van der Waals surface area contributed by atoms with Crippen LogP contribution in [0.15, 0.2) is 41.4 Å². The summed E-state index contributed by atoms with van der Waals surface area (Å²) >= 11 is 0. The number of methoxy groups -OCH3 is 2. The molecule has 8 heteroatoms. The molecule has 0 saturated heterocycles. The zero-order valence-electron chi connectivity index (χ0n) is 16.2. The molecule has 1 aromatic heterocycles. The van der Waals surface area contributed by atoms with Crippen LogP contribution in [-0.2, 0) is 10.0 Å². The van der Waals surface area contributed by atoms with Crippen LogP contribution in [0.4, 0.5) is 11.5 Å². The van der Waals surface area contributed by atoms with Crippen molar-refractivity contribution in [2.24, 2.45) is 0 Å². The second kappa shape index (κ2) is 9.45. The Bertz CT molecular complexity index is 833. The zero-order chi connectivity index (χ0) is 19.9. The smallest absolute Gasteiger partial charge is 0.265 e. The molecule has 1 N–H and O–H groups in total. The number of anilines is 2. The lowest BCUT2D eigenvalue weighted by atomic mass is 10.3. The van der Waals surface area contributed by atoms with Crippen LogP contribution in [0.5, 0.6) is 11.5 Å². The fraction of sp³-hybridized carbons (Fsp3) is 0.421. The summed E-state index contributed by atoms with van der Waals surface area (Å²) in [7, 11) is -0.948. The fourth-order valence-electron chi connectivity index (χ4n) is 2.72. The van der Waals surface area contributed by atoms with E-state index in [9.17, 15) is 8.42 Å². The van der Waals surface area contributed by atoms with Crippen LogP contribution in [-0.4, -0.2) is 40.7 Å². The van der Waals surface area contributed by atoms with Crippen LogP contribution in [0.25, 0.3) is 0 Å². The van der Waals surface area contributed by atoms with E-state index in [4.69, 9.17) is 9.47 Å². The molecule has 0 radical (unpaired) electrons. The van der Waals surface area contributed by atoms with Crippen molar-refractivity contribution in [1.29, 1.82) is 0 Å². The van der Waals surface area contributed by atoms with E-state index in [1.54, 1.807) is 18.2 Å². The minimum atomic E-state index is -3.85. The average Bonchev–Trinajstić information content (AvgIpc) is 2.67. The largest absolute Gasteiger partial charge is 0.497 e. The maximum Gasteiger partial charge on any atom is 0.265 e. The Hall–Kier alpha value is -2.48. The molecule has 1 heterocycles. The van der Waals surface area contributed by atoms with E-state index in [-0.39, 0.29) is 10.6 Å². The molecule has 0 aliphatic rings. The highest BCUT2D eigenvalue weighted by molar-refractivity contribution is 7.92. The van der Waals surface area contributed by atoms with Gasteiger partial charge >= 0.3 is 0 Å². The van der Waals surface area contributed by atoms with Crippen molar-refractivity contribution < 1.29 is 17.9 Å². The Morgan fingerprint density at radius 1 is 1.04 bits per heavy atom. The lowest BCUT2D eigenvalue weighted by Crippen LogP contribution is -2.25. The van der Waals surface area contributed by atoms with Gasteiger partial charge in [0.15, 0.2) is 0 Å². The second-order valence-corrected chi connectivity index (χ2v) is 7.67. The lowest BCUT2D eigenvalue weighted by Gasteiger charge is -2.22. The Labute approximate surface area is 161 Å². The number of nitrogens with zero attached hydrogens (tertiary/aromatic N) is 2. The maximum atomic E-state index is 12.8. The van der Waals surface area contributed by atoms with E-state index in [0.717, 1.165) is 31.7 Å². The van der Waals surface area contributed by atoms with Crippen LogP contribution < -0.4 is 19.1 Å². The van der Waals surface area contributed by atoms with Crippen LogP contribution in [0, 0.1) is 0 Å². The number of ether oxygens (including phenoxy) is 2. The van der Waals surface area contributed by atoms with Crippen LogP contribution in [0.1, 0.15) is 26.7 Å². The number of nitrogens with one attached hydrogen (secondary N) is 1. The van der Waals surface area contributed by atoms with Gasteiger partial charge in [-0.05, 0) is 37.1 Å². The van der Waals surface area contributed by atoms with Crippen LogP contribution in [0.3, 0.4) is 0 Å². The molecular formula is C19H27N3O4S. The first-order valence-electron chi connectivity index (χ1n) is 8.91. The summed E-state index contributed by atoms with van der Waals surface area (Å²) in [6, 6.07) is 8.16. The normalized spacial score (nSPS) is 11.1. The number of benzene rings is 1. The number of pyridine rings is 1. The fourth-order valence-corrected chi connectivity index (χ4v) is 3.95. The molecule has 2 rings (SSSR count). The highest BCUT2D eigenvalue weighted by Gasteiger charge is 2.21. The highest BCUT2D eigenvalue weighted by atomic mass is 32.2. The molecule has 0 bridgehead atoms. The topological polar surface area (TPSA) is 80.8 Å². The number of aromatic nitrogens is 1. The maximum absolute atomic E-state index is 12.8. The molecule has 148 valence electrons. The van der Waals surface area contributed by atoms with Crippen molar-refractivity contribution in [1.82, 2.24) is 4.98 Å². The molecular weight excluding hydrogens is 366 g/mol. The molecule has 0 aliphatic carbocycles. The third-order valence-corrected chi connectivity index (χ3v) is 5.37. The summed E-state index contributed by atoms with van der Waals surface area (Å²) in [6.45, 7) is 6.05. The van der Waals surface area contributed by atoms with Gasteiger partial charge in [0.1, 0.15) is 22.2 Å². The first-order valence-corrected chi connectivity index (χ1v) is 10.4. The van der Waals surface area contributed by atoms with Gasteiger partial charge in [-0.15, -0.1) is 0 Å². The van der Waals surface area contributed by atoms with E-state index in [0.29, 0.717) is 11.4 Å². The minimum Gasteiger partial charge on any atom is -0.497 e. The molecule has 1 aromatic carbocycles. The van der Waals surface area contributed by atoms with Crippen molar-refractivity contribution in [2.75, 3.05) is 36.9 Å². The van der Waals surface area contributed by atoms with Gasteiger partial charge in [0.05, 0.1) is 26.1 Å². The van der Waals surface area contributed by atoms with Gasteiger partial charge in [0.2, 0.25) is 0 Å². The lowest BCUT2D eigenvalue weighted by molar-refractivity contribution is 0.392. The van der Waals surface area contributed by atoms with Gasteiger partial charge < -0.3 is 14.4 Å². The van der Waals surface area contributed by atoms with Crippen molar-refractivity contribution >= 4 is 21.5 Å². The predicted molar refractivity (Wildman–Crippen MR) is 107 cm³/mol. The molecule has 2 aromatic rings. The first kappa shape index (κ1) is 20.8. The molecule has 0 unspecified atom stereocenters. The third kappa shape index (κ3) is 5.26. The number of rotatable bonds is 10. The summed E-state index contributed by atoms with van der Waals surface area (Å²) in [4.78, 5) is 6.60. The van der Waals surface area contributed by atoms with Crippen molar-refractivity contribution in [3.63, 3.8) is 0 Å². The Kier molecular flexibility index (Phi) is 7.29. The highest BCUT2D eigenvalue weighted by Crippen LogP contribution is 2.29. The Morgan fingerprint density at radius 2 is 1.74 bits per heavy atom. The molecule has 0 fully saturated rings. The van der Waals surface area contributed by atoms with Crippen molar-refractivity contribution in [3.05, 3.63) is 36.5 Å². The van der Waals surface area contributed by atoms with Gasteiger partial charge in [-0.3, -0.25) is 4.72 Å². The number of hydrogen-bond donors (Lipinski definition) is 1. The molecule has 27 heavy (non-hydrogen) atoms. The zero-order valence-corrected chi connectivity index (χ0v) is 17.0. The van der Waals surface area contributed by atoms with Crippen LogP contribution in [0.2, 0.25) is 0 Å². The van der Waals surface area contributed by atoms with E-state index in [2.05, 4.69) is 28.5 Å². The van der Waals surface area contributed by atoms with Gasteiger partial charge in [-0.25, -0.2) is 13.4 Å². The summed E-state index contributed by atoms with van der Waals surface area (Å²) in [5.41, 5.74) is 0.386. The van der Waals surface area contributed by atoms with Crippen molar-refractivity contribution in [3.8, 4) is 11.5 Å². The summed E-state index contributed by atoms with van der Waals surface area (Å²) in [6.07, 6.45) is 3.56. The van der Waals surface area contributed by atoms with E-state index in [1.807, 2.05) is 6.07 Å². The van der Waals surface area contributed by atoms with Gasteiger partial charge in [-0.1, -0.05) is 13.8 Å². The standard InChI is InChI=1S/C19H27N3O4S/c1-5-11-22(12-6-2)19-10-7-15(14-20-19)21-27(23,24)18-13-16(25-3)8-9-17(18)26-4/h7-10,13-14,21H,5-6,11-12H2,1-4H3. The minimum absolute atomic E-state index is 0.00650. The molecule has 0 saturated carbocycles. The summed E-state index contributed by atoms with van der Waals surface area (Å²) < 4.78 is 38.4. The predicted octanol–water partition coefficient (Wildman–Crippen LogP) is 3.53. The Morgan fingerprint density at radius 3 is 2.26 bits per heavy atom. The molecule has 0 spiro atoms. The first-order chi connectivity index (χ1) is 12.9. The van der Waals surface area contributed by atoms with Crippen LogP contribution >= 0.6 is 0 Å². The molecule has 0 aliphatic heterocycles. The molecule has 7 nitrogen and oxygen atoms in total. The summed E-state index contributed by atoms with van der Waals surface area (Å²) in [5, 5.41) is 0. The third-order valence-electron chi connectivity index (χ3n) is 3.97. The SMILES string of the molecule is CCCN(CCC)c1ccc(NS(=O)(=O)c2cc(OC)ccc2OC)cn1. The monoisotopic (exact) mass is 393 g/mol. The number of hydrogen-bond acceptors (Lipinski definition) is 6. The number of sulfonamides is 1. The average molecular weight is 394 g/mol. The van der Waals surface area contributed by atoms with Gasteiger partial charge in [-0.2, -0.15) is 0 Å².